The van der Waals surface area contributed by atoms with Crippen LogP contribution in [-0.4, -0.2) is 32.6 Å². The number of benzene rings is 2. The number of carbonyl (C=O) groups is 2. The molecule has 2 rings (SSSR count). The first-order valence-corrected chi connectivity index (χ1v) is 8.66. The van der Waals surface area contributed by atoms with Crippen molar-refractivity contribution in [3.8, 4) is 5.75 Å². The van der Waals surface area contributed by atoms with Gasteiger partial charge in [-0.3, -0.25) is 4.79 Å². The van der Waals surface area contributed by atoms with Gasteiger partial charge in [0.25, 0.3) is 6.47 Å². The molecule has 0 N–H and O–H groups in total. The number of esters is 1. The van der Waals surface area contributed by atoms with Crippen molar-refractivity contribution >= 4 is 34.1 Å². The molecular formula is C19H20BrNO4. The van der Waals surface area contributed by atoms with Crippen molar-refractivity contribution in [2.75, 3.05) is 25.1 Å². The average molecular weight is 406 g/mol. The first-order valence-electron chi connectivity index (χ1n) is 7.87. The molecule has 0 spiro atoms. The van der Waals surface area contributed by atoms with E-state index >= 15 is 0 Å². The van der Waals surface area contributed by atoms with Gasteiger partial charge < -0.3 is 14.4 Å². The molecule has 0 aliphatic rings. The summed E-state index contributed by atoms with van der Waals surface area (Å²) >= 11 is 3.54. The predicted octanol–water partition coefficient (Wildman–Crippen LogP) is 3.98. The molecule has 132 valence electrons. The molecule has 0 bridgehead atoms. The van der Waals surface area contributed by atoms with E-state index in [2.05, 4.69) is 15.9 Å². The van der Waals surface area contributed by atoms with Crippen molar-refractivity contribution < 1.29 is 19.1 Å². The van der Waals surface area contributed by atoms with Gasteiger partial charge in [0.2, 0.25) is 0 Å². The Balaban J connectivity index is 2.17. The van der Waals surface area contributed by atoms with E-state index in [1.807, 2.05) is 43.1 Å². The van der Waals surface area contributed by atoms with Gasteiger partial charge in [0.1, 0.15) is 5.75 Å². The molecule has 6 heteroatoms. The van der Waals surface area contributed by atoms with Crippen molar-refractivity contribution in [1.29, 1.82) is 0 Å². The van der Waals surface area contributed by atoms with E-state index in [-0.39, 0.29) is 0 Å². The maximum absolute atomic E-state index is 12.5. The van der Waals surface area contributed by atoms with Crippen molar-refractivity contribution in [2.45, 2.75) is 13.3 Å². The highest BCUT2D eigenvalue weighted by Crippen LogP contribution is 2.32. The van der Waals surface area contributed by atoms with Gasteiger partial charge in [-0.25, -0.2) is 4.79 Å². The van der Waals surface area contributed by atoms with E-state index in [4.69, 9.17) is 9.47 Å². The van der Waals surface area contributed by atoms with Crippen LogP contribution >= 0.6 is 15.9 Å². The molecule has 2 aromatic carbocycles. The highest BCUT2D eigenvalue weighted by molar-refractivity contribution is 9.10. The summed E-state index contributed by atoms with van der Waals surface area (Å²) in [6, 6.07) is 12.6. The highest BCUT2D eigenvalue weighted by atomic mass is 79.9. The van der Waals surface area contributed by atoms with E-state index in [0.29, 0.717) is 37.4 Å². The number of hydrogen-bond donors (Lipinski definition) is 0. The van der Waals surface area contributed by atoms with Gasteiger partial charge in [0.15, 0.2) is 0 Å². The molecule has 5 nitrogen and oxygen atoms in total. The fourth-order valence-corrected chi connectivity index (χ4v) is 3.28. The Morgan fingerprint density at radius 3 is 2.60 bits per heavy atom. The number of nitrogens with zero attached hydrogens (tertiary/aromatic N) is 1. The summed E-state index contributed by atoms with van der Waals surface area (Å²) in [5, 5.41) is 0. The number of para-hydroxylation sites is 1. The van der Waals surface area contributed by atoms with Crippen LogP contribution in [0.3, 0.4) is 0 Å². The van der Waals surface area contributed by atoms with Crippen LogP contribution < -0.4 is 9.64 Å². The topological polar surface area (TPSA) is 55.8 Å². The largest absolute Gasteiger partial charge is 0.468 e. The monoisotopic (exact) mass is 405 g/mol. The van der Waals surface area contributed by atoms with Crippen molar-refractivity contribution in [1.82, 2.24) is 0 Å². The quantitative estimate of drug-likeness (QED) is 0.287. The molecule has 0 aromatic heterocycles. The standard InChI is InChI=1S/C19H20BrNO4/c1-14-16(19(23)25-15-7-4-3-5-8-15)9-10-17(20)18(14)21(2)11-6-12-24-13-22/h3-5,7-10,13H,6,11-12H2,1-2H3. The lowest BCUT2D eigenvalue weighted by Gasteiger charge is -2.24. The molecule has 0 heterocycles. The summed E-state index contributed by atoms with van der Waals surface area (Å²) < 4.78 is 11.0. The third kappa shape index (κ3) is 5.06. The second-order valence-corrected chi connectivity index (χ2v) is 6.37. The fourth-order valence-electron chi connectivity index (χ4n) is 2.55. The summed E-state index contributed by atoms with van der Waals surface area (Å²) in [5.41, 5.74) is 2.25. The van der Waals surface area contributed by atoms with Crippen LogP contribution in [0.15, 0.2) is 46.9 Å². The zero-order valence-corrected chi connectivity index (χ0v) is 15.8. The molecule has 0 amide bonds. The van der Waals surface area contributed by atoms with E-state index in [1.165, 1.54) is 0 Å². The van der Waals surface area contributed by atoms with Crippen molar-refractivity contribution in [3.05, 3.63) is 58.1 Å². The fraction of sp³-hybridized carbons (Fsp3) is 0.263. The minimum atomic E-state index is -0.393. The highest BCUT2D eigenvalue weighted by Gasteiger charge is 2.18. The predicted molar refractivity (Wildman–Crippen MR) is 100 cm³/mol. The van der Waals surface area contributed by atoms with E-state index in [0.717, 1.165) is 15.7 Å². The van der Waals surface area contributed by atoms with Crippen LogP contribution in [-0.2, 0) is 9.53 Å². The van der Waals surface area contributed by atoms with Crippen LogP contribution in [0.25, 0.3) is 0 Å². The zero-order chi connectivity index (χ0) is 18.2. The lowest BCUT2D eigenvalue weighted by molar-refractivity contribution is -0.128. The molecule has 2 aromatic rings. The summed E-state index contributed by atoms with van der Waals surface area (Å²) in [5.74, 6) is 0.117. The first kappa shape index (κ1) is 19.0. The van der Waals surface area contributed by atoms with Gasteiger partial charge in [-0.1, -0.05) is 18.2 Å². The lowest BCUT2D eigenvalue weighted by atomic mass is 10.1. The van der Waals surface area contributed by atoms with Crippen LogP contribution in [0.2, 0.25) is 0 Å². The van der Waals surface area contributed by atoms with Crippen LogP contribution in [0.4, 0.5) is 5.69 Å². The Bertz CT molecular complexity index is 734. The van der Waals surface area contributed by atoms with Crippen molar-refractivity contribution in [2.24, 2.45) is 0 Å². The molecule has 0 unspecified atom stereocenters. The van der Waals surface area contributed by atoms with Crippen LogP contribution in [0, 0.1) is 6.92 Å². The molecule has 0 saturated heterocycles. The van der Waals surface area contributed by atoms with Gasteiger partial charge in [-0.2, -0.15) is 0 Å². The molecule has 0 aliphatic heterocycles. The molecule has 0 atom stereocenters. The Kier molecular flexibility index (Phi) is 7.01. The summed E-state index contributed by atoms with van der Waals surface area (Å²) in [4.78, 5) is 24.7. The molecule has 0 radical (unpaired) electrons. The smallest absolute Gasteiger partial charge is 0.343 e. The molecule has 0 aliphatic carbocycles. The Morgan fingerprint density at radius 2 is 1.92 bits per heavy atom. The van der Waals surface area contributed by atoms with Crippen LogP contribution in [0.5, 0.6) is 5.75 Å². The van der Waals surface area contributed by atoms with Crippen molar-refractivity contribution in [3.63, 3.8) is 0 Å². The third-order valence-corrected chi connectivity index (χ3v) is 4.40. The Hall–Kier alpha value is -2.34. The van der Waals surface area contributed by atoms with E-state index in [9.17, 15) is 9.59 Å². The van der Waals surface area contributed by atoms with Crippen LogP contribution in [0.1, 0.15) is 22.3 Å². The molecule has 25 heavy (non-hydrogen) atoms. The number of hydrogen-bond acceptors (Lipinski definition) is 5. The number of halogens is 1. The number of ether oxygens (including phenoxy) is 2. The second-order valence-electron chi connectivity index (χ2n) is 5.51. The normalized spacial score (nSPS) is 10.2. The number of carbonyl (C=O) groups excluding carboxylic acids is 2. The minimum absolute atomic E-state index is 0.361. The lowest BCUT2D eigenvalue weighted by Crippen LogP contribution is -2.22. The second kappa shape index (κ2) is 9.22. The summed E-state index contributed by atoms with van der Waals surface area (Å²) in [6.45, 7) is 3.38. The molecule has 0 saturated carbocycles. The minimum Gasteiger partial charge on any atom is -0.468 e. The zero-order valence-electron chi connectivity index (χ0n) is 14.2. The molecular weight excluding hydrogens is 386 g/mol. The maximum atomic E-state index is 12.5. The van der Waals surface area contributed by atoms with Gasteiger partial charge in [-0.05, 0) is 59.1 Å². The average Bonchev–Trinajstić information content (AvgIpc) is 2.59. The molecule has 0 fully saturated rings. The summed E-state index contributed by atoms with van der Waals surface area (Å²) in [7, 11) is 1.93. The number of rotatable bonds is 8. The van der Waals surface area contributed by atoms with E-state index in [1.54, 1.807) is 18.2 Å². The van der Waals surface area contributed by atoms with Gasteiger partial charge >= 0.3 is 5.97 Å². The van der Waals surface area contributed by atoms with E-state index < -0.39 is 5.97 Å². The number of anilines is 1. The van der Waals surface area contributed by atoms with Gasteiger partial charge in [0.05, 0.1) is 17.9 Å². The third-order valence-electron chi connectivity index (χ3n) is 3.76. The first-order chi connectivity index (χ1) is 12.0. The Morgan fingerprint density at radius 1 is 1.20 bits per heavy atom. The van der Waals surface area contributed by atoms with Gasteiger partial charge in [0, 0.05) is 18.1 Å². The Labute approximate surface area is 155 Å². The summed E-state index contributed by atoms with van der Waals surface area (Å²) in [6.07, 6.45) is 0.694. The SMILES string of the molecule is Cc1c(C(=O)Oc2ccccc2)ccc(Br)c1N(C)CCCOC=O. The maximum Gasteiger partial charge on any atom is 0.343 e. The van der Waals surface area contributed by atoms with Gasteiger partial charge in [-0.15, -0.1) is 0 Å².